The number of hydrogen-bond acceptors (Lipinski definition) is 12. The van der Waals surface area contributed by atoms with Crippen molar-refractivity contribution < 1.29 is 23.1 Å². The van der Waals surface area contributed by atoms with Crippen LogP contribution in [0.15, 0.2) is 53.7 Å². The highest BCUT2D eigenvalue weighted by Crippen LogP contribution is 2.40. The van der Waals surface area contributed by atoms with E-state index >= 15 is 0 Å². The molecule has 1 aliphatic carbocycles. The second-order valence-corrected chi connectivity index (χ2v) is 16.0. The Morgan fingerprint density at radius 3 is 2.47 bits per heavy atom. The number of likely N-dealkylation sites (tertiary alicyclic amines) is 1. The van der Waals surface area contributed by atoms with E-state index in [2.05, 4.69) is 45.3 Å². The molecule has 1 aromatic carbocycles. The number of halogens is 3. The Hall–Kier alpha value is -5.03. The first-order chi connectivity index (χ1) is 27.5. The van der Waals surface area contributed by atoms with E-state index in [9.17, 15) is 27.9 Å². The highest BCUT2D eigenvalue weighted by atomic mass is 19.3. The lowest BCUT2D eigenvalue weighted by molar-refractivity contribution is -0.133. The third-order valence-corrected chi connectivity index (χ3v) is 12.1. The largest absolute Gasteiger partial charge is 0.388 e. The molecule has 17 heteroatoms. The van der Waals surface area contributed by atoms with Gasteiger partial charge in [-0.15, -0.1) is 0 Å². The van der Waals surface area contributed by atoms with Gasteiger partial charge in [-0.2, -0.15) is 4.98 Å². The van der Waals surface area contributed by atoms with Crippen LogP contribution in [0.3, 0.4) is 0 Å². The van der Waals surface area contributed by atoms with Crippen molar-refractivity contribution in [3.63, 3.8) is 0 Å². The molecular weight excluding hydrogens is 740 g/mol. The number of nitrogens with zero attached hydrogens (tertiary/aromatic N) is 9. The molecule has 1 saturated carbocycles. The molecule has 57 heavy (non-hydrogen) atoms. The van der Waals surface area contributed by atoms with Crippen molar-refractivity contribution >= 4 is 40.2 Å². The number of pyridine rings is 1. The Kier molecular flexibility index (Phi) is 11.2. The number of benzene rings is 1. The van der Waals surface area contributed by atoms with Crippen LogP contribution >= 0.6 is 0 Å². The van der Waals surface area contributed by atoms with Crippen LogP contribution in [0.5, 0.6) is 0 Å². The summed E-state index contributed by atoms with van der Waals surface area (Å²) in [5, 5.41) is 18.2. The van der Waals surface area contributed by atoms with Gasteiger partial charge in [0.15, 0.2) is 0 Å². The average Bonchev–Trinajstić information content (AvgIpc) is 3.56. The zero-order chi connectivity index (χ0) is 39.7. The fourth-order valence-electron chi connectivity index (χ4n) is 8.89. The van der Waals surface area contributed by atoms with Crippen molar-refractivity contribution in [2.75, 3.05) is 79.3 Å². The molecule has 0 bridgehead atoms. The number of fused-ring (bicyclic) bond motifs is 1. The van der Waals surface area contributed by atoms with Gasteiger partial charge in [0.25, 0.3) is 12.0 Å². The number of carbonyl (C=O) groups excluding carboxylic acids is 1. The SMILES string of the molecule is C[C@]1(O)CCC[C@@H]1n1c(=O)c(C(F)F)cc2cnc(NC3CCN(C(=O)CN4CCN(c5cc(N[C@@H]6CCCN(c7cccc(F)c7)C6)ncn5)CC4)CC3)nc21. The minimum Gasteiger partial charge on any atom is -0.388 e. The van der Waals surface area contributed by atoms with Gasteiger partial charge < -0.3 is 30.4 Å². The van der Waals surface area contributed by atoms with Gasteiger partial charge in [-0.05, 0) is 76.1 Å². The third kappa shape index (κ3) is 8.64. The van der Waals surface area contributed by atoms with Crippen molar-refractivity contribution in [2.45, 2.75) is 82.0 Å². The van der Waals surface area contributed by atoms with E-state index in [1.54, 1.807) is 25.4 Å². The molecule has 3 atom stereocenters. The number of piperazine rings is 1. The average molecular weight is 790 g/mol. The van der Waals surface area contributed by atoms with Crippen LogP contribution in [-0.4, -0.2) is 122 Å². The highest BCUT2D eigenvalue weighted by Gasteiger charge is 2.40. The molecule has 14 nitrogen and oxygen atoms in total. The highest BCUT2D eigenvalue weighted by molar-refractivity contribution is 5.78. The summed E-state index contributed by atoms with van der Waals surface area (Å²) < 4.78 is 42.8. The second-order valence-electron chi connectivity index (χ2n) is 16.0. The summed E-state index contributed by atoms with van der Waals surface area (Å²) in [6.07, 6.45) is 4.99. The molecule has 3 aromatic heterocycles. The maximum atomic E-state index is 13.9. The van der Waals surface area contributed by atoms with Crippen molar-refractivity contribution in [3.05, 3.63) is 70.7 Å². The Bertz CT molecular complexity index is 2120. The molecule has 3 saturated heterocycles. The minimum atomic E-state index is -2.97. The molecule has 8 rings (SSSR count). The maximum Gasteiger partial charge on any atom is 0.269 e. The topological polar surface area (TPSA) is 148 Å². The summed E-state index contributed by atoms with van der Waals surface area (Å²) in [5.41, 5.74) is -1.60. The van der Waals surface area contributed by atoms with Crippen LogP contribution in [0.1, 0.15) is 69.9 Å². The smallest absolute Gasteiger partial charge is 0.269 e. The minimum absolute atomic E-state index is 0.0251. The molecule has 4 aromatic rings. The molecule has 0 spiro atoms. The Morgan fingerprint density at radius 1 is 0.930 bits per heavy atom. The van der Waals surface area contributed by atoms with Gasteiger partial charge >= 0.3 is 0 Å². The van der Waals surface area contributed by atoms with Crippen molar-refractivity contribution in [1.29, 1.82) is 0 Å². The molecule has 4 aliphatic rings. The normalized spacial score (nSPS) is 23.7. The molecule has 0 radical (unpaired) electrons. The van der Waals surface area contributed by atoms with Gasteiger partial charge in [-0.25, -0.2) is 28.1 Å². The summed E-state index contributed by atoms with van der Waals surface area (Å²) in [4.78, 5) is 53.2. The fraction of sp³-hybridized carbons (Fsp3) is 0.550. The number of hydrogen-bond donors (Lipinski definition) is 3. The monoisotopic (exact) mass is 789 g/mol. The Labute approximate surface area is 329 Å². The molecule has 3 N–H and O–H groups in total. The molecule has 304 valence electrons. The predicted molar refractivity (Wildman–Crippen MR) is 211 cm³/mol. The van der Waals surface area contributed by atoms with Crippen molar-refractivity contribution in [1.82, 2.24) is 34.3 Å². The van der Waals surface area contributed by atoms with Gasteiger partial charge in [0.05, 0.1) is 23.8 Å². The van der Waals surface area contributed by atoms with Gasteiger partial charge in [-0.1, -0.05) is 6.07 Å². The molecule has 1 amide bonds. The summed E-state index contributed by atoms with van der Waals surface area (Å²) in [6, 6.07) is 9.32. The number of aromatic nitrogens is 5. The van der Waals surface area contributed by atoms with E-state index in [0.717, 1.165) is 75.5 Å². The van der Waals surface area contributed by atoms with Crippen LogP contribution in [0.4, 0.5) is 36.4 Å². The lowest BCUT2D eigenvalue weighted by Gasteiger charge is -2.37. The molecule has 3 aliphatic heterocycles. The molecular formula is C40H50F3N11O3. The van der Waals surface area contributed by atoms with Crippen LogP contribution in [-0.2, 0) is 4.79 Å². The molecule has 0 unspecified atom stereocenters. The summed E-state index contributed by atoms with van der Waals surface area (Å²) in [6.45, 7) is 7.64. The maximum absolute atomic E-state index is 13.9. The first-order valence-electron chi connectivity index (χ1n) is 20.0. The number of alkyl halides is 2. The lowest BCUT2D eigenvalue weighted by atomic mass is 9.99. The number of aliphatic hydroxyl groups is 1. The number of nitrogens with one attached hydrogen (secondary N) is 2. The van der Waals surface area contributed by atoms with Crippen LogP contribution in [0.2, 0.25) is 0 Å². The summed E-state index contributed by atoms with van der Waals surface area (Å²) in [5.74, 6) is 1.72. The van der Waals surface area contributed by atoms with E-state index in [1.807, 2.05) is 17.0 Å². The van der Waals surface area contributed by atoms with Crippen LogP contribution in [0.25, 0.3) is 11.0 Å². The van der Waals surface area contributed by atoms with E-state index < -0.39 is 29.2 Å². The van der Waals surface area contributed by atoms with Gasteiger partial charge in [0, 0.05) is 87.8 Å². The van der Waals surface area contributed by atoms with Gasteiger partial charge in [0.1, 0.15) is 29.4 Å². The Morgan fingerprint density at radius 2 is 1.74 bits per heavy atom. The van der Waals surface area contributed by atoms with E-state index in [-0.39, 0.29) is 35.4 Å². The lowest BCUT2D eigenvalue weighted by Crippen LogP contribution is -2.51. The first-order valence-corrected chi connectivity index (χ1v) is 20.0. The van der Waals surface area contributed by atoms with Crippen molar-refractivity contribution in [2.24, 2.45) is 0 Å². The first kappa shape index (κ1) is 38.8. The summed E-state index contributed by atoms with van der Waals surface area (Å²) in [7, 11) is 0. The number of piperidine rings is 2. The predicted octanol–water partition coefficient (Wildman–Crippen LogP) is 4.44. The van der Waals surface area contributed by atoms with Crippen LogP contribution in [0, 0.1) is 5.82 Å². The second kappa shape index (κ2) is 16.4. The number of carbonyl (C=O) groups is 1. The van der Waals surface area contributed by atoms with E-state index in [0.29, 0.717) is 57.1 Å². The summed E-state index contributed by atoms with van der Waals surface area (Å²) >= 11 is 0. The van der Waals surface area contributed by atoms with Gasteiger partial charge in [-0.3, -0.25) is 19.1 Å². The Balaban J connectivity index is 0.817. The van der Waals surface area contributed by atoms with E-state index in [4.69, 9.17) is 0 Å². The number of amides is 1. The van der Waals surface area contributed by atoms with Crippen LogP contribution < -0.4 is 26.0 Å². The third-order valence-electron chi connectivity index (χ3n) is 12.1. The zero-order valence-corrected chi connectivity index (χ0v) is 32.2. The van der Waals surface area contributed by atoms with E-state index in [1.165, 1.54) is 16.8 Å². The standard InChI is InChI=1S/C40H50F3N11O3/c1-40(57)11-3-8-32(40)54-37-26(19-31(36(42)43)38(54)56)22-44-39(49-37)48-28-9-13-52(14-10-28)35(55)24-50-15-17-51(18-16-50)34-21-33(45-25-46-34)47-29-6-4-12-53(23-29)30-7-2-5-27(41)20-30/h2,5,7,19-22,25,28-29,32,36,57H,3-4,6,8-18,23-24H2,1H3,(H,44,48,49)(H,45,46,47)/t29-,32+,40+/m1/s1. The van der Waals surface area contributed by atoms with Gasteiger partial charge in [0.2, 0.25) is 11.9 Å². The number of anilines is 4. The fourth-order valence-corrected chi connectivity index (χ4v) is 8.89. The number of rotatable bonds is 10. The quantitative estimate of drug-likeness (QED) is 0.209. The molecule has 4 fully saturated rings. The van der Waals surface area contributed by atoms with Crippen molar-refractivity contribution in [3.8, 4) is 0 Å². The molecule has 6 heterocycles. The zero-order valence-electron chi connectivity index (χ0n) is 32.2.